The average molecular weight is 644 g/mol. The number of carbonyl (C=O) groups is 1. The number of methoxy groups -OCH3 is 3. The number of nitrogens with one attached hydrogen (secondary N) is 3. The second-order valence-electron chi connectivity index (χ2n) is 9.84. The van der Waals surface area contributed by atoms with Crippen molar-refractivity contribution in [1.29, 1.82) is 0 Å². The Kier molecular flexibility index (Phi) is 10.0. The Morgan fingerprint density at radius 2 is 1.86 bits per heavy atom. The molecule has 4 aromatic rings. The van der Waals surface area contributed by atoms with Crippen LogP contribution in [-0.4, -0.2) is 83.9 Å². The zero-order valence-corrected chi connectivity index (χ0v) is 25.9. The van der Waals surface area contributed by atoms with Gasteiger partial charge in [-0.25, -0.2) is 15.0 Å². The van der Waals surface area contributed by atoms with Gasteiger partial charge in [0.05, 0.1) is 74.6 Å². The van der Waals surface area contributed by atoms with Crippen LogP contribution in [-0.2, 0) is 27.4 Å². The number of anilines is 2. The van der Waals surface area contributed by atoms with Gasteiger partial charge in [-0.2, -0.15) is 5.10 Å². The van der Waals surface area contributed by atoms with Crippen molar-refractivity contribution in [2.75, 3.05) is 51.8 Å². The van der Waals surface area contributed by atoms with E-state index in [0.717, 1.165) is 5.56 Å². The van der Waals surface area contributed by atoms with E-state index in [1.165, 1.54) is 20.3 Å². The van der Waals surface area contributed by atoms with Gasteiger partial charge in [0, 0.05) is 48.6 Å². The normalized spacial score (nSPS) is 16.1. The van der Waals surface area contributed by atoms with E-state index in [1.54, 1.807) is 36.3 Å². The minimum Gasteiger partial charge on any atom is -0.495 e. The van der Waals surface area contributed by atoms with Crippen molar-refractivity contribution in [3.8, 4) is 22.8 Å². The topological polar surface area (TPSA) is 147 Å². The lowest BCUT2D eigenvalue weighted by molar-refractivity contribution is -0.117. The van der Waals surface area contributed by atoms with Crippen LogP contribution in [0.5, 0.6) is 11.5 Å². The van der Waals surface area contributed by atoms with Crippen LogP contribution in [0.1, 0.15) is 5.56 Å². The summed E-state index contributed by atoms with van der Waals surface area (Å²) in [5, 5.41) is 15.2. The number of aromatic nitrogens is 5. The van der Waals surface area contributed by atoms with Gasteiger partial charge in [-0.05, 0) is 12.1 Å². The molecule has 44 heavy (non-hydrogen) atoms. The van der Waals surface area contributed by atoms with Crippen molar-refractivity contribution in [2.45, 2.75) is 25.2 Å². The molecule has 3 aromatic heterocycles. The molecule has 1 aliphatic rings. The molecule has 0 radical (unpaired) electrons. The van der Waals surface area contributed by atoms with Gasteiger partial charge in [0.25, 0.3) is 0 Å². The summed E-state index contributed by atoms with van der Waals surface area (Å²) in [6.45, 7) is 5.82. The minimum atomic E-state index is -0.285. The zero-order valence-electron chi connectivity index (χ0n) is 24.4. The van der Waals surface area contributed by atoms with Crippen LogP contribution in [0.15, 0.2) is 43.4 Å². The molecule has 1 aliphatic heterocycles. The largest absolute Gasteiger partial charge is 0.495 e. The van der Waals surface area contributed by atoms with Crippen LogP contribution in [0.4, 0.5) is 11.8 Å². The molecule has 0 aliphatic carbocycles. The van der Waals surface area contributed by atoms with Gasteiger partial charge in [-0.15, -0.1) is 0 Å². The highest BCUT2D eigenvalue weighted by Crippen LogP contribution is 2.46. The second-order valence-corrected chi connectivity index (χ2v) is 10.6. The summed E-state index contributed by atoms with van der Waals surface area (Å²) in [5.41, 5.74) is 2.37. The molecule has 0 unspecified atom stereocenters. The van der Waals surface area contributed by atoms with Gasteiger partial charge in [0.15, 0.2) is 5.82 Å². The molecule has 232 valence electrons. The number of hydrogen-bond donors (Lipinski definition) is 3. The fourth-order valence-electron chi connectivity index (χ4n) is 4.71. The number of halogens is 2. The summed E-state index contributed by atoms with van der Waals surface area (Å²) in [7, 11) is 4.67. The summed E-state index contributed by atoms with van der Waals surface area (Å²) in [6.07, 6.45) is 6.60. The van der Waals surface area contributed by atoms with Crippen molar-refractivity contribution in [3.05, 3.63) is 59.0 Å². The molecule has 13 nitrogen and oxygen atoms in total. The SMILES string of the molecule is C=CC(=O)N[C@H]1COC[C@H]1Nc1ncc2cc(-c3c(Cl)c(OC)cc(OC)c3Cl)nc(NCc3cnn(CCOC)c3)c2n1. The van der Waals surface area contributed by atoms with Crippen LogP contribution in [0, 0.1) is 0 Å². The molecule has 5 rings (SSSR count). The number of hydrogen-bond acceptors (Lipinski definition) is 11. The third-order valence-electron chi connectivity index (χ3n) is 6.97. The van der Waals surface area contributed by atoms with Crippen molar-refractivity contribution < 1.29 is 23.7 Å². The Balaban J connectivity index is 1.53. The summed E-state index contributed by atoms with van der Waals surface area (Å²) < 4.78 is 23.5. The number of rotatable bonds is 13. The Labute approximate surface area is 263 Å². The third kappa shape index (κ3) is 6.81. The first-order valence-electron chi connectivity index (χ1n) is 13.6. The molecule has 0 spiro atoms. The molecule has 0 saturated carbocycles. The highest BCUT2D eigenvalue weighted by Gasteiger charge is 2.30. The third-order valence-corrected chi connectivity index (χ3v) is 7.73. The first kappa shape index (κ1) is 31.3. The molecule has 1 aromatic carbocycles. The molecule has 0 bridgehead atoms. The summed E-state index contributed by atoms with van der Waals surface area (Å²) in [6, 6.07) is 2.89. The van der Waals surface area contributed by atoms with E-state index in [4.69, 9.17) is 52.1 Å². The number of fused-ring (bicyclic) bond motifs is 1. The van der Waals surface area contributed by atoms with Crippen LogP contribution in [0.2, 0.25) is 10.0 Å². The number of amides is 1. The summed E-state index contributed by atoms with van der Waals surface area (Å²) in [4.78, 5) is 26.1. The fourth-order valence-corrected chi connectivity index (χ4v) is 5.40. The van der Waals surface area contributed by atoms with E-state index in [-0.39, 0.29) is 28.0 Å². The van der Waals surface area contributed by atoms with Gasteiger partial charge in [-0.3, -0.25) is 9.48 Å². The number of pyridine rings is 1. The molecular weight excluding hydrogens is 611 g/mol. The van der Waals surface area contributed by atoms with E-state index in [9.17, 15) is 4.79 Å². The van der Waals surface area contributed by atoms with Crippen LogP contribution in [0.25, 0.3) is 22.2 Å². The fraction of sp³-hybridized carbons (Fsp3) is 0.345. The van der Waals surface area contributed by atoms with Crippen LogP contribution >= 0.6 is 23.2 Å². The van der Waals surface area contributed by atoms with E-state index >= 15 is 0 Å². The first-order valence-corrected chi connectivity index (χ1v) is 14.4. The molecule has 4 heterocycles. The number of carbonyl (C=O) groups excluding carboxylic acids is 1. The van der Waals surface area contributed by atoms with Gasteiger partial charge in [0.2, 0.25) is 11.9 Å². The van der Waals surface area contributed by atoms with Gasteiger partial charge in [0.1, 0.15) is 17.0 Å². The lowest BCUT2D eigenvalue weighted by Gasteiger charge is -2.20. The standard InChI is InChI=1S/C29H32Cl2N8O5/c1-5-23(40)35-19-14-44-15-20(19)37-29-33-12-17-8-18(24-25(30)21(42-3)9-22(43-4)26(24)31)36-28(27(17)38-29)32-10-16-11-34-39(13-16)6-7-41-2/h5,8-9,11-13,19-20H,1,6-7,10,14-15H2,2-4H3,(H,32,36)(H,35,40)(H,33,37,38)/t19-,20+/m0/s1. The summed E-state index contributed by atoms with van der Waals surface area (Å²) in [5.74, 6) is 1.29. The minimum absolute atomic E-state index is 0.250. The quantitative estimate of drug-likeness (QED) is 0.182. The van der Waals surface area contributed by atoms with E-state index in [2.05, 4.69) is 32.6 Å². The lowest BCUT2D eigenvalue weighted by Crippen LogP contribution is -2.45. The maximum atomic E-state index is 11.9. The Morgan fingerprint density at radius 3 is 2.57 bits per heavy atom. The van der Waals surface area contributed by atoms with E-state index < -0.39 is 0 Å². The maximum Gasteiger partial charge on any atom is 0.243 e. The monoisotopic (exact) mass is 642 g/mol. The van der Waals surface area contributed by atoms with Crippen LogP contribution < -0.4 is 25.4 Å². The maximum absolute atomic E-state index is 11.9. The number of ether oxygens (including phenoxy) is 4. The molecule has 1 saturated heterocycles. The van der Waals surface area contributed by atoms with E-state index in [1.807, 2.05) is 6.20 Å². The van der Waals surface area contributed by atoms with Crippen molar-refractivity contribution >= 4 is 51.8 Å². The Morgan fingerprint density at radius 1 is 1.11 bits per heavy atom. The molecule has 3 N–H and O–H groups in total. The molecule has 15 heteroatoms. The predicted octanol–water partition coefficient (Wildman–Crippen LogP) is 3.95. The molecule has 1 fully saturated rings. The zero-order chi connectivity index (χ0) is 31.2. The second kappa shape index (κ2) is 14.1. The van der Waals surface area contributed by atoms with Gasteiger partial charge in [-0.1, -0.05) is 29.8 Å². The smallest absolute Gasteiger partial charge is 0.243 e. The average Bonchev–Trinajstić information content (AvgIpc) is 3.68. The first-order chi connectivity index (χ1) is 21.3. The van der Waals surface area contributed by atoms with E-state index in [0.29, 0.717) is 78.3 Å². The number of nitrogens with zero attached hydrogens (tertiary/aromatic N) is 5. The highest BCUT2D eigenvalue weighted by molar-refractivity contribution is 6.41. The molecule has 1 amide bonds. The van der Waals surface area contributed by atoms with Crippen molar-refractivity contribution in [3.63, 3.8) is 0 Å². The molecular formula is C29H32Cl2N8O5. The van der Waals surface area contributed by atoms with Crippen LogP contribution in [0.3, 0.4) is 0 Å². The lowest BCUT2D eigenvalue weighted by atomic mass is 10.1. The van der Waals surface area contributed by atoms with Gasteiger partial charge >= 0.3 is 0 Å². The molecule has 2 atom stereocenters. The predicted molar refractivity (Wildman–Crippen MR) is 168 cm³/mol. The highest BCUT2D eigenvalue weighted by atomic mass is 35.5. The summed E-state index contributed by atoms with van der Waals surface area (Å²) >= 11 is 13.5. The van der Waals surface area contributed by atoms with Crippen molar-refractivity contribution in [2.24, 2.45) is 0 Å². The Bertz CT molecular complexity index is 1640. The Hall–Kier alpha value is -4.17. The van der Waals surface area contributed by atoms with Crippen molar-refractivity contribution in [1.82, 2.24) is 30.0 Å². The van der Waals surface area contributed by atoms with Gasteiger partial charge < -0.3 is 34.9 Å². The number of benzene rings is 1.